The Bertz CT molecular complexity index is 600. The summed E-state index contributed by atoms with van der Waals surface area (Å²) in [5.74, 6) is -0.218. The molecule has 0 bridgehead atoms. The average Bonchev–Trinajstić information content (AvgIpc) is 2.84. The largest absolute Gasteiger partial charge is 0.369 e. The van der Waals surface area contributed by atoms with E-state index in [0.717, 1.165) is 28.6 Å². The average molecular weight is 327 g/mol. The number of nitrogens with two attached hydrogens (primary N) is 1. The first-order chi connectivity index (χ1) is 9.99. The molecule has 0 aliphatic heterocycles. The third kappa shape index (κ3) is 4.43. The fourth-order valence-corrected chi connectivity index (χ4v) is 3.41. The lowest BCUT2D eigenvalue weighted by atomic mass is 10.0. The molecule has 2 aromatic rings. The molecular weight excluding hydrogens is 307 g/mol. The first-order valence-electron chi connectivity index (χ1n) is 6.99. The van der Waals surface area contributed by atoms with Gasteiger partial charge in [0.15, 0.2) is 0 Å². The van der Waals surface area contributed by atoms with E-state index in [4.69, 9.17) is 17.3 Å². The third-order valence-corrected chi connectivity index (χ3v) is 4.70. The molecule has 1 aromatic heterocycles. The minimum absolute atomic E-state index is 0.0510. The van der Waals surface area contributed by atoms with Gasteiger partial charge in [-0.25, -0.2) is 4.39 Å². The molecule has 21 heavy (non-hydrogen) atoms. The van der Waals surface area contributed by atoms with Crippen molar-refractivity contribution in [2.75, 3.05) is 11.9 Å². The Morgan fingerprint density at radius 3 is 2.71 bits per heavy atom. The number of hydrogen-bond acceptors (Lipinski definition) is 3. The highest BCUT2D eigenvalue weighted by Gasteiger charge is 2.12. The molecule has 0 amide bonds. The number of hydrogen-bond donors (Lipinski definition) is 1. The van der Waals surface area contributed by atoms with E-state index in [1.807, 2.05) is 32.2 Å². The Balaban J connectivity index is 2.20. The van der Waals surface area contributed by atoms with Gasteiger partial charge in [-0.05, 0) is 48.7 Å². The van der Waals surface area contributed by atoms with Gasteiger partial charge in [0.2, 0.25) is 0 Å². The van der Waals surface area contributed by atoms with Crippen molar-refractivity contribution in [1.29, 1.82) is 0 Å². The Hall–Kier alpha value is -1.10. The second-order valence-electron chi connectivity index (χ2n) is 5.21. The van der Waals surface area contributed by atoms with Crippen LogP contribution in [-0.4, -0.2) is 13.1 Å². The van der Waals surface area contributed by atoms with Crippen molar-refractivity contribution >= 4 is 28.6 Å². The normalized spacial score (nSPS) is 12.4. The van der Waals surface area contributed by atoms with Gasteiger partial charge in [0, 0.05) is 23.7 Å². The van der Waals surface area contributed by atoms with Gasteiger partial charge in [-0.3, -0.25) is 0 Å². The number of nitrogens with zero attached hydrogens (tertiary/aromatic N) is 1. The van der Waals surface area contributed by atoms with Crippen molar-refractivity contribution in [1.82, 2.24) is 0 Å². The Morgan fingerprint density at radius 2 is 2.10 bits per heavy atom. The van der Waals surface area contributed by atoms with Crippen LogP contribution in [0.4, 0.5) is 10.1 Å². The maximum Gasteiger partial charge on any atom is 0.123 e. The highest BCUT2D eigenvalue weighted by Crippen LogP contribution is 2.27. The summed E-state index contributed by atoms with van der Waals surface area (Å²) in [7, 11) is 2.00. The Kier molecular flexibility index (Phi) is 5.62. The van der Waals surface area contributed by atoms with Crippen molar-refractivity contribution in [3.63, 3.8) is 0 Å². The van der Waals surface area contributed by atoms with Crippen LogP contribution in [0.5, 0.6) is 0 Å². The molecule has 0 saturated heterocycles. The van der Waals surface area contributed by atoms with Crippen molar-refractivity contribution in [3.8, 4) is 0 Å². The van der Waals surface area contributed by atoms with E-state index in [0.29, 0.717) is 6.42 Å². The third-order valence-electron chi connectivity index (χ3n) is 3.48. The molecule has 5 heteroatoms. The molecule has 1 atom stereocenters. The standard InChI is InChI=1S/C16H20ClFN2S/c1-3-13(19)9-11-8-12(18)4-6-15(11)20(2)10-14-5-7-16(17)21-14/h4-8,13H,3,9-10,19H2,1-2H3. The molecular formula is C16H20ClFN2S. The van der Waals surface area contributed by atoms with Crippen LogP contribution >= 0.6 is 22.9 Å². The zero-order valence-electron chi connectivity index (χ0n) is 12.3. The van der Waals surface area contributed by atoms with Gasteiger partial charge in [0.05, 0.1) is 10.9 Å². The summed E-state index contributed by atoms with van der Waals surface area (Å²) in [5, 5.41) is 0. The quantitative estimate of drug-likeness (QED) is 0.849. The van der Waals surface area contributed by atoms with Crippen LogP contribution in [0.25, 0.3) is 0 Å². The predicted octanol–water partition coefficient (Wildman–Crippen LogP) is 4.46. The van der Waals surface area contributed by atoms with E-state index in [9.17, 15) is 4.39 Å². The van der Waals surface area contributed by atoms with Gasteiger partial charge in [0.1, 0.15) is 5.82 Å². The van der Waals surface area contributed by atoms with E-state index in [1.165, 1.54) is 10.9 Å². The summed E-state index contributed by atoms with van der Waals surface area (Å²) in [6, 6.07) is 8.87. The van der Waals surface area contributed by atoms with Crippen LogP contribution in [0.1, 0.15) is 23.8 Å². The molecule has 0 radical (unpaired) electrons. The molecule has 0 fully saturated rings. The smallest absolute Gasteiger partial charge is 0.123 e. The maximum absolute atomic E-state index is 13.5. The van der Waals surface area contributed by atoms with Gasteiger partial charge in [-0.15, -0.1) is 11.3 Å². The van der Waals surface area contributed by atoms with E-state index in [1.54, 1.807) is 17.4 Å². The monoisotopic (exact) mass is 326 g/mol. The molecule has 114 valence electrons. The van der Waals surface area contributed by atoms with Crippen LogP contribution in [-0.2, 0) is 13.0 Å². The predicted molar refractivity (Wildman–Crippen MR) is 89.8 cm³/mol. The van der Waals surface area contributed by atoms with E-state index >= 15 is 0 Å². The summed E-state index contributed by atoms with van der Waals surface area (Å²) in [4.78, 5) is 3.29. The highest BCUT2D eigenvalue weighted by molar-refractivity contribution is 7.16. The molecule has 2 nitrogen and oxygen atoms in total. The van der Waals surface area contributed by atoms with Crippen LogP contribution < -0.4 is 10.6 Å². The van der Waals surface area contributed by atoms with Gasteiger partial charge in [0.25, 0.3) is 0 Å². The first kappa shape index (κ1) is 16.3. The molecule has 1 aromatic carbocycles. The second-order valence-corrected chi connectivity index (χ2v) is 7.01. The zero-order valence-corrected chi connectivity index (χ0v) is 13.8. The van der Waals surface area contributed by atoms with Gasteiger partial charge in [-0.1, -0.05) is 18.5 Å². The molecule has 0 spiro atoms. The Labute approximate surface area is 134 Å². The molecule has 1 unspecified atom stereocenters. The van der Waals surface area contributed by atoms with E-state index < -0.39 is 0 Å². The van der Waals surface area contributed by atoms with Crippen molar-refractivity contribution < 1.29 is 4.39 Å². The van der Waals surface area contributed by atoms with Crippen LogP contribution in [0, 0.1) is 5.82 Å². The van der Waals surface area contributed by atoms with Crippen molar-refractivity contribution in [3.05, 3.63) is 50.9 Å². The molecule has 0 saturated carbocycles. The summed E-state index contributed by atoms with van der Waals surface area (Å²) in [6.07, 6.45) is 1.55. The summed E-state index contributed by atoms with van der Waals surface area (Å²) >= 11 is 7.53. The topological polar surface area (TPSA) is 29.3 Å². The lowest BCUT2D eigenvalue weighted by Gasteiger charge is -2.23. The number of rotatable bonds is 6. The van der Waals surface area contributed by atoms with Gasteiger partial charge >= 0.3 is 0 Å². The molecule has 0 aliphatic carbocycles. The van der Waals surface area contributed by atoms with Gasteiger partial charge in [-0.2, -0.15) is 0 Å². The minimum Gasteiger partial charge on any atom is -0.369 e. The SMILES string of the molecule is CCC(N)Cc1cc(F)ccc1N(C)Cc1ccc(Cl)s1. The number of thiophene rings is 1. The fraction of sp³-hybridized carbons (Fsp3) is 0.375. The minimum atomic E-state index is -0.218. The van der Waals surface area contributed by atoms with Crippen LogP contribution in [0.15, 0.2) is 30.3 Å². The van der Waals surface area contributed by atoms with Gasteiger partial charge < -0.3 is 10.6 Å². The van der Waals surface area contributed by atoms with Crippen molar-refractivity contribution in [2.45, 2.75) is 32.4 Å². The summed E-state index contributed by atoms with van der Waals surface area (Å²) in [5.41, 5.74) is 8.00. The number of anilines is 1. The van der Waals surface area contributed by atoms with Crippen molar-refractivity contribution in [2.24, 2.45) is 5.73 Å². The molecule has 2 N–H and O–H groups in total. The first-order valence-corrected chi connectivity index (χ1v) is 8.18. The lowest BCUT2D eigenvalue weighted by molar-refractivity contribution is 0.613. The summed E-state index contributed by atoms with van der Waals surface area (Å²) < 4.78 is 14.3. The van der Waals surface area contributed by atoms with Crippen LogP contribution in [0.2, 0.25) is 4.34 Å². The molecule has 0 aliphatic rings. The maximum atomic E-state index is 13.5. The number of halogens is 2. The second kappa shape index (κ2) is 7.25. The summed E-state index contributed by atoms with van der Waals surface area (Å²) in [6.45, 7) is 2.79. The lowest BCUT2D eigenvalue weighted by Crippen LogP contribution is -2.24. The van der Waals surface area contributed by atoms with Crippen LogP contribution in [0.3, 0.4) is 0 Å². The van der Waals surface area contributed by atoms with E-state index in [2.05, 4.69) is 4.90 Å². The zero-order chi connectivity index (χ0) is 15.4. The highest BCUT2D eigenvalue weighted by atomic mass is 35.5. The Morgan fingerprint density at radius 1 is 1.33 bits per heavy atom. The molecule has 1 heterocycles. The fourth-order valence-electron chi connectivity index (χ4n) is 2.27. The number of benzene rings is 1. The molecule has 2 rings (SSSR count). The van der Waals surface area contributed by atoms with E-state index in [-0.39, 0.29) is 11.9 Å².